The molecule has 2 unspecified atom stereocenters. The lowest BCUT2D eigenvalue weighted by Gasteiger charge is -2.45. The number of hydrogen-bond donors (Lipinski definition) is 3. The predicted molar refractivity (Wildman–Crippen MR) is 119 cm³/mol. The lowest BCUT2D eigenvalue weighted by molar-refractivity contribution is -0.125. The number of nitrogens with zero attached hydrogens (tertiary/aromatic N) is 1. The van der Waals surface area contributed by atoms with Crippen LogP contribution in [0.3, 0.4) is 0 Å². The topological polar surface area (TPSA) is 81.7 Å². The molecule has 0 radical (unpaired) electrons. The van der Waals surface area contributed by atoms with E-state index in [4.69, 9.17) is 11.6 Å². The van der Waals surface area contributed by atoms with Crippen molar-refractivity contribution in [1.29, 1.82) is 0 Å². The molecule has 0 saturated carbocycles. The minimum absolute atomic E-state index is 0.155. The minimum atomic E-state index is -0.952. The van der Waals surface area contributed by atoms with E-state index in [1.54, 1.807) is 12.1 Å². The van der Waals surface area contributed by atoms with Crippen molar-refractivity contribution in [3.63, 3.8) is 0 Å². The van der Waals surface area contributed by atoms with Crippen LogP contribution in [-0.4, -0.2) is 46.7 Å². The Hall–Kier alpha value is -2.57. The second-order valence-electron chi connectivity index (χ2n) is 7.80. The molecular formula is C23H28ClN3O3. The predicted octanol–water partition coefficient (Wildman–Crippen LogP) is 4.32. The van der Waals surface area contributed by atoms with Crippen LogP contribution in [0.5, 0.6) is 0 Å². The van der Waals surface area contributed by atoms with Gasteiger partial charge >= 0.3 is 6.09 Å². The number of anilines is 1. The van der Waals surface area contributed by atoms with Crippen molar-refractivity contribution in [2.45, 2.75) is 44.7 Å². The number of carbonyl (C=O) groups excluding carboxylic acids is 1. The summed E-state index contributed by atoms with van der Waals surface area (Å²) in [5, 5.41) is 16.7. The van der Waals surface area contributed by atoms with Gasteiger partial charge in [-0.25, -0.2) is 4.79 Å². The second kappa shape index (κ2) is 9.49. The van der Waals surface area contributed by atoms with E-state index in [9.17, 15) is 14.7 Å². The summed E-state index contributed by atoms with van der Waals surface area (Å²) in [6.07, 6.45) is 0.410. The number of rotatable bonds is 6. The van der Waals surface area contributed by atoms with E-state index < -0.39 is 11.6 Å². The Morgan fingerprint density at radius 2 is 1.97 bits per heavy atom. The van der Waals surface area contributed by atoms with E-state index in [2.05, 4.69) is 10.6 Å². The molecular weight excluding hydrogens is 402 g/mol. The molecule has 3 N–H and O–H groups in total. The number of likely N-dealkylation sites (tertiary alicyclic amines) is 1. The molecule has 30 heavy (non-hydrogen) atoms. The van der Waals surface area contributed by atoms with Crippen LogP contribution in [0.2, 0.25) is 5.02 Å². The SMILES string of the molecule is CCNC1(C(=O)Nc2cc(Cl)ccc2C)CCN(C(=O)O)C(Cc2ccccc2)C1. The van der Waals surface area contributed by atoms with E-state index in [-0.39, 0.29) is 11.9 Å². The van der Waals surface area contributed by atoms with Crippen molar-refractivity contribution in [2.24, 2.45) is 0 Å². The lowest BCUT2D eigenvalue weighted by atomic mass is 9.80. The number of hydrogen-bond acceptors (Lipinski definition) is 3. The molecule has 7 heteroatoms. The first-order valence-electron chi connectivity index (χ1n) is 10.2. The van der Waals surface area contributed by atoms with Gasteiger partial charge < -0.3 is 20.6 Å². The summed E-state index contributed by atoms with van der Waals surface area (Å²) < 4.78 is 0. The van der Waals surface area contributed by atoms with Gasteiger partial charge in [0.25, 0.3) is 0 Å². The Morgan fingerprint density at radius 1 is 1.23 bits per heavy atom. The molecule has 1 saturated heterocycles. The van der Waals surface area contributed by atoms with Crippen molar-refractivity contribution < 1.29 is 14.7 Å². The number of aryl methyl sites for hydroxylation is 1. The maximum atomic E-state index is 13.4. The molecule has 0 bridgehead atoms. The molecule has 1 aliphatic rings. The van der Waals surface area contributed by atoms with Gasteiger partial charge in [0.05, 0.1) is 0 Å². The third-order valence-electron chi connectivity index (χ3n) is 5.76. The van der Waals surface area contributed by atoms with Crippen molar-refractivity contribution in [1.82, 2.24) is 10.2 Å². The molecule has 0 spiro atoms. The van der Waals surface area contributed by atoms with Crippen molar-refractivity contribution in [2.75, 3.05) is 18.4 Å². The van der Waals surface area contributed by atoms with Gasteiger partial charge in [-0.1, -0.05) is 54.9 Å². The van der Waals surface area contributed by atoms with Crippen LogP contribution in [-0.2, 0) is 11.2 Å². The summed E-state index contributed by atoms with van der Waals surface area (Å²) in [4.78, 5) is 26.8. The van der Waals surface area contributed by atoms with Crippen LogP contribution >= 0.6 is 11.6 Å². The third kappa shape index (κ3) is 4.94. The molecule has 2 aromatic rings. The highest BCUT2D eigenvalue weighted by atomic mass is 35.5. The summed E-state index contributed by atoms with van der Waals surface area (Å²) in [6, 6.07) is 14.9. The maximum Gasteiger partial charge on any atom is 0.407 e. The molecule has 2 aromatic carbocycles. The number of carbonyl (C=O) groups is 2. The standard InChI is InChI=1S/C23H28ClN3O3/c1-3-25-23(21(28)26-20-14-18(24)10-9-16(20)2)11-12-27(22(29)30)19(15-23)13-17-7-5-4-6-8-17/h4-10,14,19,25H,3,11-13,15H2,1-2H3,(H,26,28)(H,29,30). The van der Waals surface area contributed by atoms with Crippen molar-refractivity contribution in [3.05, 3.63) is 64.7 Å². The first kappa shape index (κ1) is 22.1. The number of likely N-dealkylation sites (N-methyl/N-ethyl adjacent to an activating group) is 1. The molecule has 0 aromatic heterocycles. The highest BCUT2D eigenvalue weighted by Gasteiger charge is 2.46. The quantitative estimate of drug-likeness (QED) is 0.638. The van der Waals surface area contributed by atoms with E-state index >= 15 is 0 Å². The first-order chi connectivity index (χ1) is 14.3. The summed E-state index contributed by atoms with van der Waals surface area (Å²) >= 11 is 6.11. The Morgan fingerprint density at radius 3 is 2.63 bits per heavy atom. The van der Waals surface area contributed by atoms with E-state index in [0.29, 0.717) is 43.1 Å². The zero-order valence-corrected chi connectivity index (χ0v) is 18.1. The average Bonchev–Trinajstić information content (AvgIpc) is 2.71. The fourth-order valence-electron chi connectivity index (χ4n) is 4.19. The summed E-state index contributed by atoms with van der Waals surface area (Å²) in [5.74, 6) is -0.155. The van der Waals surface area contributed by atoms with Gasteiger partial charge in [0, 0.05) is 23.3 Å². The van der Waals surface area contributed by atoms with Gasteiger partial charge in [-0.3, -0.25) is 4.79 Å². The minimum Gasteiger partial charge on any atom is -0.465 e. The zero-order valence-electron chi connectivity index (χ0n) is 17.3. The summed E-state index contributed by atoms with van der Waals surface area (Å²) in [7, 11) is 0. The van der Waals surface area contributed by atoms with Gasteiger partial charge in [0.15, 0.2) is 0 Å². The highest BCUT2D eigenvalue weighted by molar-refractivity contribution is 6.31. The normalized spacial score (nSPS) is 21.3. The van der Waals surface area contributed by atoms with Gasteiger partial charge in [-0.2, -0.15) is 0 Å². The fourth-order valence-corrected chi connectivity index (χ4v) is 4.36. The fraction of sp³-hybridized carbons (Fsp3) is 0.391. The monoisotopic (exact) mass is 429 g/mol. The Bertz CT molecular complexity index is 906. The maximum absolute atomic E-state index is 13.4. The molecule has 2 atom stereocenters. The van der Waals surface area contributed by atoms with Gasteiger partial charge in [0.1, 0.15) is 5.54 Å². The van der Waals surface area contributed by atoms with Crippen LogP contribution in [0.15, 0.2) is 48.5 Å². The third-order valence-corrected chi connectivity index (χ3v) is 6.00. The molecule has 0 aliphatic carbocycles. The molecule has 1 aliphatic heterocycles. The average molecular weight is 430 g/mol. The second-order valence-corrected chi connectivity index (χ2v) is 8.24. The summed E-state index contributed by atoms with van der Waals surface area (Å²) in [5.41, 5.74) is 1.79. The van der Waals surface area contributed by atoms with Crippen LogP contribution in [0.4, 0.5) is 10.5 Å². The van der Waals surface area contributed by atoms with E-state index in [1.807, 2.05) is 50.2 Å². The van der Waals surface area contributed by atoms with Gasteiger partial charge in [-0.15, -0.1) is 0 Å². The van der Waals surface area contributed by atoms with Crippen LogP contribution in [0.25, 0.3) is 0 Å². The number of carboxylic acid groups (broad SMARTS) is 1. The zero-order chi connectivity index (χ0) is 21.7. The lowest BCUT2D eigenvalue weighted by Crippen LogP contribution is -2.64. The van der Waals surface area contributed by atoms with Gasteiger partial charge in [-0.05, 0) is 56.0 Å². The van der Waals surface area contributed by atoms with Crippen LogP contribution in [0.1, 0.15) is 30.9 Å². The molecule has 160 valence electrons. The summed E-state index contributed by atoms with van der Waals surface area (Å²) in [6.45, 7) is 4.77. The molecule has 1 heterocycles. The van der Waals surface area contributed by atoms with Gasteiger partial charge in [0.2, 0.25) is 5.91 Å². The Balaban J connectivity index is 1.87. The number of amides is 2. The van der Waals surface area contributed by atoms with Crippen molar-refractivity contribution >= 4 is 29.3 Å². The first-order valence-corrected chi connectivity index (χ1v) is 10.6. The molecule has 6 nitrogen and oxygen atoms in total. The molecule has 2 amide bonds. The Kier molecular flexibility index (Phi) is 7.00. The smallest absolute Gasteiger partial charge is 0.407 e. The molecule has 1 fully saturated rings. The molecule has 3 rings (SSSR count). The Labute approximate surface area is 182 Å². The van der Waals surface area contributed by atoms with E-state index in [1.165, 1.54) is 4.90 Å². The van der Waals surface area contributed by atoms with Crippen molar-refractivity contribution in [3.8, 4) is 0 Å². The largest absolute Gasteiger partial charge is 0.465 e. The van der Waals surface area contributed by atoms with Crippen LogP contribution in [0, 0.1) is 6.92 Å². The highest BCUT2D eigenvalue weighted by Crippen LogP contribution is 2.31. The number of halogens is 1. The van der Waals surface area contributed by atoms with E-state index in [0.717, 1.165) is 11.1 Å². The number of nitrogens with one attached hydrogen (secondary N) is 2. The number of piperidine rings is 1. The van der Waals surface area contributed by atoms with Crippen LogP contribution < -0.4 is 10.6 Å². The number of benzene rings is 2.